The van der Waals surface area contributed by atoms with E-state index in [0.717, 1.165) is 11.1 Å². The van der Waals surface area contributed by atoms with E-state index >= 15 is 0 Å². The van der Waals surface area contributed by atoms with Gasteiger partial charge in [-0.05, 0) is 84.9 Å². The zero-order chi connectivity index (χ0) is 24.6. The van der Waals surface area contributed by atoms with Crippen LogP contribution in [0.3, 0.4) is 0 Å². The molecule has 0 bridgehead atoms. The summed E-state index contributed by atoms with van der Waals surface area (Å²) in [4.78, 5) is 25.4. The van der Waals surface area contributed by atoms with Gasteiger partial charge >= 0.3 is 6.09 Å². The van der Waals surface area contributed by atoms with Gasteiger partial charge < -0.3 is 20.1 Å². The Morgan fingerprint density at radius 3 is 1.88 bits per heavy atom. The van der Waals surface area contributed by atoms with E-state index in [0.29, 0.717) is 5.69 Å². The number of alkyl carbamates (subject to hydrolysis) is 1. The van der Waals surface area contributed by atoms with Crippen molar-refractivity contribution in [2.24, 2.45) is 0 Å². The number of amides is 2. The SMILES string of the molecule is C[C@H](OC(C)(C)C)[C@@H](NC(=O)OC(C)(C)C)C(=O)Nc1ccc(C#Cc2ccccc2)cc1. The van der Waals surface area contributed by atoms with Crippen molar-refractivity contribution in [1.82, 2.24) is 5.32 Å². The molecule has 0 spiro atoms. The first-order valence-corrected chi connectivity index (χ1v) is 11.0. The molecular weight excluding hydrogens is 416 g/mol. The summed E-state index contributed by atoms with van der Waals surface area (Å²) in [7, 11) is 0. The smallest absolute Gasteiger partial charge is 0.408 e. The largest absolute Gasteiger partial charge is 0.444 e. The number of hydrogen-bond acceptors (Lipinski definition) is 4. The minimum absolute atomic E-state index is 0.402. The maximum Gasteiger partial charge on any atom is 0.408 e. The van der Waals surface area contributed by atoms with Crippen molar-refractivity contribution in [3.63, 3.8) is 0 Å². The third kappa shape index (κ3) is 9.80. The average molecular weight is 451 g/mol. The van der Waals surface area contributed by atoms with Crippen molar-refractivity contribution in [3.8, 4) is 11.8 Å². The van der Waals surface area contributed by atoms with E-state index in [4.69, 9.17) is 9.47 Å². The highest BCUT2D eigenvalue weighted by atomic mass is 16.6. The van der Waals surface area contributed by atoms with E-state index < -0.39 is 35.3 Å². The number of anilines is 1. The maximum atomic E-state index is 13.0. The summed E-state index contributed by atoms with van der Waals surface area (Å²) in [6, 6.07) is 16.0. The van der Waals surface area contributed by atoms with Crippen LogP contribution in [0.15, 0.2) is 54.6 Å². The van der Waals surface area contributed by atoms with Crippen LogP contribution in [-0.4, -0.2) is 35.3 Å². The number of carbonyl (C=O) groups excluding carboxylic acids is 2. The molecule has 0 aliphatic rings. The Bertz CT molecular complexity index is 991. The molecule has 33 heavy (non-hydrogen) atoms. The molecule has 0 unspecified atom stereocenters. The second kappa shape index (κ2) is 11.0. The van der Waals surface area contributed by atoms with Crippen molar-refractivity contribution in [3.05, 3.63) is 65.7 Å². The summed E-state index contributed by atoms with van der Waals surface area (Å²) < 4.78 is 11.3. The predicted octanol–water partition coefficient (Wildman–Crippen LogP) is 5.12. The lowest BCUT2D eigenvalue weighted by molar-refractivity contribution is -0.126. The van der Waals surface area contributed by atoms with E-state index in [1.165, 1.54) is 0 Å². The van der Waals surface area contributed by atoms with Gasteiger partial charge in [-0.1, -0.05) is 30.0 Å². The Morgan fingerprint density at radius 1 is 0.818 bits per heavy atom. The van der Waals surface area contributed by atoms with Crippen LogP contribution in [0, 0.1) is 11.8 Å². The maximum absolute atomic E-state index is 13.0. The summed E-state index contributed by atoms with van der Waals surface area (Å²) in [5, 5.41) is 5.49. The van der Waals surface area contributed by atoms with Gasteiger partial charge in [-0.2, -0.15) is 0 Å². The van der Waals surface area contributed by atoms with Crippen LogP contribution < -0.4 is 10.6 Å². The Hall–Kier alpha value is -3.30. The normalized spacial score (nSPS) is 13.2. The highest BCUT2D eigenvalue weighted by Crippen LogP contribution is 2.16. The van der Waals surface area contributed by atoms with Crippen molar-refractivity contribution in [1.29, 1.82) is 0 Å². The Morgan fingerprint density at radius 2 is 1.36 bits per heavy atom. The average Bonchev–Trinajstić information content (AvgIpc) is 2.69. The molecule has 0 aliphatic carbocycles. The van der Waals surface area contributed by atoms with E-state index in [1.54, 1.807) is 39.8 Å². The molecule has 6 nitrogen and oxygen atoms in total. The Labute approximate surface area is 197 Å². The second-order valence-corrected chi connectivity index (χ2v) is 9.74. The molecular formula is C27H34N2O4. The monoisotopic (exact) mass is 450 g/mol. The van der Waals surface area contributed by atoms with Gasteiger partial charge in [0, 0.05) is 16.8 Å². The van der Waals surface area contributed by atoms with Crippen molar-refractivity contribution < 1.29 is 19.1 Å². The molecule has 0 heterocycles. The molecule has 6 heteroatoms. The molecule has 2 rings (SSSR count). The predicted molar refractivity (Wildman–Crippen MR) is 131 cm³/mol. The van der Waals surface area contributed by atoms with Crippen molar-refractivity contribution in [2.45, 2.75) is 71.8 Å². The van der Waals surface area contributed by atoms with Crippen LogP contribution in [0.2, 0.25) is 0 Å². The zero-order valence-electron chi connectivity index (χ0n) is 20.5. The molecule has 0 saturated heterocycles. The second-order valence-electron chi connectivity index (χ2n) is 9.74. The number of ether oxygens (including phenoxy) is 2. The first-order valence-electron chi connectivity index (χ1n) is 11.0. The number of benzene rings is 2. The van der Waals surface area contributed by atoms with E-state index in [1.807, 2.05) is 63.2 Å². The Kier molecular flexibility index (Phi) is 8.67. The highest BCUT2D eigenvalue weighted by Gasteiger charge is 2.32. The van der Waals surface area contributed by atoms with Gasteiger partial charge in [0.05, 0.1) is 11.7 Å². The summed E-state index contributed by atoms with van der Waals surface area (Å²) in [5.74, 6) is 5.80. The van der Waals surface area contributed by atoms with Crippen LogP contribution in [0.5, 0.6) is 0 Å². The number of carbonyl (C=O) groups is 2. The van der Waals surface area contributed by atoms with Gasteiger partial charge in [0.1, 0.15) is 11.6 Å². The fourth-order valence-corrected chi connectivity index (χ4v) is 2.98. The molecule has 2 amide bonds. The lowest BCUT2D eigenvalue weighted by atomic mass is 10.1. The molecule has 0 radical (unpaired) electrons. The number of hydrogen-bond donors (Lipinski definition) is 2. The van der Waals surface area contributed by atoms with Crippen LogP contribution in [-0.2, 0) is 14.3 Å². The van der Waals surface area contributed by atoms with Crippen LogP contribution in [0.25, 0.3) is 0 Å². The molecule has 2 aromatic rings. The minimum Gasteiger partial charge on any atom is -0.444 e. The van der Waals surface area contributed by atoms with Crippen molar-refractivity contribution >= 4 is 17.7 Å². The van der Waals surface area contributed by atoms with Gasteiger partial charge in [0.2, 0.25) is 5.91 Å². The molecule has 176 valence electrons. The minimum atomic E-state index is -0.948. The summed E-state index contributed by atoms with van der Waals surface area (Å²) in [5.41, 5.74) is 1.16. The standard InChI is InChI=1S/C27H34N2O4/c1-19(32-26(2,3)4)23(29-25(31)33-27(5,6)7)24(30)28-22-17-15-21(16-18-22)14-13-20-11-9-8-10-12-20/h8-12,15-19,23H,1-7H3,(H,28,30)(H,29,31)/t19-,23+/m0/s1. The number of nitrogens with one attached hydrogen (secondary N) is 2. The molecule has 0 fully saturated rings. The zero-order valence-corrected chi connectivity index (χ0v) is 20.5. The Balaban J connectivity index is 2.11. The third-order valence-electron chi connectivity index (χ3n) is 4.24. The van der Waals surface area contributed by atoms with Gasteiger partial charge in [0.25, 0.3) is 0 Å². The van der Waals surface area contributed by atoms with Crippen LogP contribution >= 0.6 is 0 Å². The highest BCUT2D eigenvalue weighted by molar-refractivity contribution is 5.97. The van der Waals surface area contributed by atoms with E-state index in [-0.39, 0.29) is 0 Å². The topological polar surface area (TPSA) is 76.7 Å². The third-order valence-corrected chi connectivity index (χ3v) is 4.24. The first kappa shape index (κ1) is 26.0. The fraction of sp³-hybridized carbons (Fsp3) is 0.407. The molecule has 2 N–H and O–H groups in total. The van der Waals surface area contributed by atoms with E-state index in [9.17, 15) is 9.59 Å². The quantitative estimate of drug-likeness (QED) is 0.620. The lowest BCUT2D eigenvalue weighted by Crippen LogP contribution is -2.53. The van der Waals surface area contributed by atoms with Gasteiger partial charge in [-0.25, -0.2) is 4.79 Å². The molecule has 0 aliphatic heterocycles. The van der Waals surface area contributed by atoms with Gasteiger partial charge in [-0.15, -0.1) is 0 Å². The van der Waals surface area contributed by atoms with Crippen LogP contribution in [0.1, 0.15) is 59.6 Å². The fourth-order valence-electron chi connectivity index (χ4n) is 2.98. The first-order chi connectivity index (χ1) is 15.3. The van der Waals surface area contributed by atoms with Gasteiger partial charge in [0.15, 0.2) is 0 Å². The molecule has 2 aromatic carbocycles. The molecule has 0 aromatic heterocycles. The summed E-state index contributed by atoms with van der Waals surface area (Å²) in [6.45, 7) is 12.7. The molecule has 0 saturated carbocycles. The summed E-state index contributed by atoms with van der Waals surface area (Å²) >= 11 is 0. The van der Waals surface area contributed by atoms with Crippen LogP contribution in [0.4, 0.5) is 10.5 Å². The van der Waals surface area contributed by atoms with E-state index in [2.05, 4.69) is 22.5 Å². The number of rotatable bonds is 5. The van der Waals surface area contributed by atoms with Crippen molar-refractivity contribution in [2.75, 3.05) is 5.32 Å². The lowest BCUT2D eigenvalue weighted by Gasteiger charge is -2.31. The summed E-state index contributed by atoms with van der Waals surface area (Å²) in [6.07, 6.45) is -1.27. The molecule has 2 atom stereocenters. The van der Waals surface area contributed by atoms with Gasteiger partial charge in [-0.3, -0.25) is 4.79 Å².